The van der Waals surface area contributed by atoms with Gasteiger partial charge in [-0.05, 0) is 55.0 Å². The number of para-hydroxylation sites is 1. The first-order valence-electron chi connectivity index (χ1n) is 9.99. The smallest absolute Gasteiger partial charge is 0.261 e. The van der Waals surface area contributed by atoms with Gasteiger partial charge >= 0.3 is 0 Å². The second-order valence-electron chi connectivity index (χ2n) is 7.21. The summed E-state index contributed by atoms with van der Waals surface area (Å²) in [5, 5.41) is 11.4. The molecule has 33 heavy (non-hydrogen) atoms. The average Bonchev–Trinajstić information content (AvgIpc) is 3.24. The summed E-state index contributed by atoms with van der Waals surface area (Å²) in [6.07, 6.45) is 4.81. The quantitative estimate of drug-likeness (QED) is 0.387. The summed E-state index contributed by atoms with van der Waals surface area (Å²) >= 11 is 6.03. The maximum atomic E-state index is 12.6. The van der Waals surface area contributed by atoms with Gasteiger partial charge in [0.15, 0.2) is 11.5 Å². The molecule has 0 spiro atoms. The molecule has 0 aliphatic heterocycles. The Bertz CT molecular complexity index is 1430. The standard InChI is InChI=1S/C23H20ClN5O3S/c1-16(23-27-26-21-8-4-5-15-29(21)23)25-22(30)14-11-17-9-12-18(13-10-17)33(31,32)28-20-7-3-2-6-19(20)24/h2-16,28H,1H3,(H,25,30)/b14-11+. The fourth-order valence-corrected chi connectivity index (χ4v) is 4.48. The first-order chi connectivity index (χ1) is 15.8. The van der Waals surface area contributed by atoms with E-state index in [4.69, 9.17) is 11.6 Å². The Morgan fingerprint density at radius 3 is 2.52 bits per heavy atom. The number of amides is 1. The molecule has 10 heteroatoms. The summed E-state index contributed by atoms with van der Waals surface area (Å²) in [6.45, 7) is 1.82. The van der Waals surface area contributed by atoms with Gasteiger partial charge in [-0.2, -0.15) is 0 Å². The molecular formula is C23H20ClN5O3S. The Balaban J connectivity index is 1.40. The van der Waals surface area contributed by atoms with E-state index in [2.05, 4.69) is 20.2 Å². The highest BCUT2D eigenvalue weighted by Crippen LogP contribution is 2.24. The second kappa shape index (κ2) is 9.43. The van der Waals surface area contributed by atoms with E-state index in [1.165, 1.54) is 18.2 Å². The van der Waals surface area contributed by atoms with E-state index in [9.17, 15) is 13.2 Å². The Kier molecular flexibility index (Phi) is 6.43. The fourth-order valence-electron chi connectivity index (χ4n) is 3.16. The van der Waals surface area contributed by atoms with Gasteiger partial charge < -0.3 is 5.32 Å². The van der Waals surface area contributed by atoms with Crippen LogP contribution in [0.4, 0.5) is 5.69 Å². The van der Waals surface area contributed by atoms with E-state index in [1.807, 2.05) is 35.7 Å². The predicted molar refractivity (Wildman–Crippen MR) is 127 cm³/mol. The van der Waals surface area contributed by atoms with Crippen molar-refractivity contribution >= 4 is 44.9 Å². The molecule has 2 heterocycles. The van der Waals surface area contributed by atoms with Gasteiger partial charge in [0, 0.05) is 12.3 Å². The van der Waals surface area contributed by atoms with Crippen molar-refractivity contribution in [3.05, 3.63) is 95.4 Å². The van der Waals surface area contributed by atoms with Crippen LogP contribution in [-0.2, 0) is 14.8 Å². The monoisotopic (exact) mass is 481 g/mol. The van der Waals surface area contributed by atoms with E-state index in [0.29, 0.717) is 27.7 Å². The SMILES string of the molecule is CC(NC(=O)/C=C/c1ccc(S(=O)(=O)Nc2ccccc2Cl)cc1)c1nnc2ccccn12. The summed E-state index contributed by atoms with van der Waals surface area (Å²) in [5.74, 6) is 0.306. The molecule has 0 fully saturated rings. The molecule has 1 amide bonds. The molecule has 0 saturated heterocycles. The number of carbonyl (C=O) groups is 1. The van der Waals surface area contributed by atoms with Crippen LogP contribution in [0.5, 0.6) is 0 Å². The molecule has 0 bridgehead atoms. The number of benzene rings is 2. The van der Waals surface area contributed by atoms with Gasteiger partial charge in [-0.1, -0.05) is 41.9 Å². The van der Waals surface area contributed by atoms with Gasteiger partial charge in [-0.15, -0.1) is 10.2 Å². The first kappa shape index (κ1) is 22.5. The lowest BCUT2D eigenvalue weighted by Crippen LogP contribution is -2.26. The van der Waals surface area contributed by atoms with Crippen molar-refractivity contribution < 1.29 is 13.2 Å². The Labute approximate surface area is 196 Å². The number of anilines is 1. The molecule has 1 atom stereocenters. The molecule has 2 aromatic carbocycles. The number of carbonyl (C=O) groups excluding carboxylic acids is 1. The van der Waals surface area contributed by atoms with Crippen LogP contribution in [0.15, 0.2) is 83.9 Å². The van der Waals surface area contributed by atoms with E-state index < -0.39 is 10.0 Å². The molecule has 4 aromatic rings. The highest BCUT2D eigenvalue weighted by molar-refractivity contribution is 7.92. The average molecular weight is 482 g/mol. The van der Waals surface area contributed by atoms with Crippen molar-refractivity contribution in [2.24, 2.45) is 0 Å². The summed E-state index contributed by atoms with van der Waals surface area (Å²) in [7, 11) is -3.80. The van der Waals surface area contributed by atoms with E-state index in [-0.39, 0.29) is 16.8 Å². The molecule has 168 valence electrons. The van der Waals surface area contributed by atoms with Gasteiger partial charge in [-0.3, -0.25) is 13.9 Å². The van der Waals surface area contributed by atoms with Crippen molar-refractivity contribution in [3.63, 3.8) is 0 Å². The molecule has 0 saturated carbocycles. The number of halogens is 1. The van der Waals surface area contributed by atoms with Crippen molar-refractivity contribution in [3.8, 4) is 0 Å². The highest BCUT2D eigenvalue weighted by Gasteiger charge is 2.16. The van der Waals surface area contributed by atoms with Crippen molar-refractivity contribution in [1.29, 1.82) is 0 Å². The van der Waals surface area contributed by atoms with Crippen LogP contribution >= 0.6 is 11.6 Å². The number of rotatable bonds is 7. The van der Waals surface area contributed by atoms with Crippen LogP contribution in [0.25, 0.3) is 11.7 Å². The van der Waals surface area contributed by atoms with Gasteiger partial charge in [-0.25, -0.2) is 8.42 Å². The zero-order chi connectivity index (χ0) is 23.4. The van der Waals surface area contributed by atoms with Crippen LogP contribution in [0, 0.1) is 0 Å². The molecular weight excluding hydrogens is 462 g/mol. The maximum absolute atomic E-state index is 12.6. The molecule has 0 radical (unpaired) electrons. The van der Waals surface area contributed by atoms with Crippen molar-refractivity contribution in [2.75, 3.05) is 4.72 Å². The zero-order valence-electron chi connectivity index (χ0n) is 17.5. The minimum atomic E-state index is -3.80. The Hall–Kier alpha value is -3.69. The van der Waals surface area contributed by atoms with Crippen molar-refractivity contribution in [1.82, 2.24) is 19.9 Å². The molecule has 1 unspecified atom stereocenters. The number of hydrogen-bond acceptors (Lipinski definition) is 5. The van der Waals surface area contributed by atoms with Gasteiger partial charge in [0.2, 0.25) is 5.91 Å². The van der Waals surface area contributed by atoms with E-state index in [1.54, 1.807) is 42.5 Å². The summed E-state index contributed by atoms with van der Waals surface area (Å²) < 4.78 is 29.5. The molecule has 2 N–H and O–H groups in total. The third-order valence-corrected chi connectivity index (χ3v) is 6.53. The van der Waals surface area contributed by atoms with Crippen LogP contribution < -0.4 is 10.0 Å². The molecule has 4 rings (SSSR count). The topological polar surface area (TPSA) is 105 Å². The molecule has 8 nitrogen and oxygen atoms in total. The third kappa shape index (κ3) is 5.21. The fraction of sp³-hybridized carbons (Fsp3) is 0.0870. The van der Waals surface area contributed by atoms with Crippen LogP contribution in [0.3, 0.4) is 0 Å². The Morgan fingerprint density at radius 2 is 1.76 bits per heavy atom. The van der Waals surface area contributed by atoms with Crippen LogP contribution in [-0.4, -0.2) is 28.9 Å². The lowest BCUT2D eigenvalue weighted by atomic mass is 10.2. The summed E-state index contributed by atoms with van der Waals surface area (Å²) in [6, 6.07) is 17.9. The first-order valence-corrected chi connectivity index (χ1v) is 11.9. The number of hydrogen-bond donors (Lipinski definition) is 2. The third-order valence-electron chi connectivity index (χ3n) is 4.82. The second-order valence-corrected chi connectivity index (χ2v) is 9.29. The van der Waals surface area contributed by atoms with Gasteiger partial charge in [0.25, 0.3) is 10.0 Å². The molecule has 0 aliphatic carbocycles. The van der Waals surface area contributed by atoms with Crippen LogP contribution in [0.1, 0.15) is 24.4 Å². The summed E-state index contributed by atoms with van der Waals surface area (Å²) in [4.78, 5) is 12.4. The minimum Gasteiger partial charge on any atom is -0.343 e. The lowest BCUT2D eigenvalue weighted by molar-refractivity contribution is -0.117. The molecule has 0 aliphatic rings. The van der Waals surface area contributed by atoms with Gasteiger partial charge in [0.05, 0.1) is 21.6 Å². The maximum Gasteiger partial charge on any atom is 0.261 e. The van der Waals surface area contributed by atoms with E-state index in [0.717, 1.165) is 0 Å². The lowest BCUT2D eigenvalue weighted by Gasteiger charge is -2.10. The number of pyridine rings is 1. The van der Waals surface area contributed by atoms with Gasteiger partial charge in [0.1, 0.15) is 0 Å². The normalized spacial score (nSPS) is 12.7. The number of nitrogens with zero attached hydrogens (tertiary/aromatic N) is 3. The Morgan fingerprint density at radius 1 is 1.03 bits per heavy atom. The molecule has 2 aromatic heterocycles. The number of nitrogens with one attached hydrogen (secondary N) is 2. The summed E-state index contributed by atoms with van der Waals surface area (Å²) in [5.41, 5.74) is 1.67. The van der Waals surface area contributed by atoms with Crippen LogP contribution in [0.2, 0.25) is 5.02 Å². The van der Waals surface area contributed by atoms with E-state index >= 15 is 0 Å². The number of aromatic nitrogens is 3. The predicted octanol–water partition coefficient (Wildman–Crippen LogP) is 4.07. The number of sulfonamides is 1. The van der Waals surface area contributed by atoms with Crippen molar-refractivity contribution in [2.45, 2.75) is 17.9 Å². The minimum absolute atomic E-state index is 0.0799. The number of fused-ring (bicyclic) bond motifs is 1. The zero-order valence-corrected chi connectivity index (χ0v) is 19.1. The largest absolute Gasteiger partial charge is 0.343 e. The highest BCUT2D eigenvalue weighted by atomic mass is 35.5.